The highest BCUT2D eigenvalue weighted by atomic mass is 16.6. The second-order valence-electron chi connectivity index (χ2n) is 8.38. The summed E-state index contributed by atoms with van der Waals surface area (Å²) in [5.74, 6) is 0.621. The van der Waals surface area contributed by atoms with Gasteiger partial charge < -0.3 is 24.4 Å². The van der Waals surface area contributed by atoms with E-state index in [0.29, 0.717) is 38.5 Å². The molecule has 0 saturated carbocycles. The molecule has 1 N–H and O–H groups in total. The van der Waals surface area contributed by atoms with Gasteiger partial charge in [0.05, 0.1) is 11.2 Å². The molecule has 1 saturated heterocycles. The second kappa shape index (κ2) is 12.9. The fraction of sp³-hybridized carbons (Fsp3) is 0.609. The van der Waals surface area contributed by atoms with Crippen LogP contribution in [0, 0.1) is 10.1 Å². The van der Waals surface area contributed by atoms with Crippen molar-refractivity contribution < 1.29 is 14.1 Å². The van der Waals surface area contributed by atoms with Crippen LogP contribution >= 0.6 is 0 Å². The van der Waals surface area contributed by atoms with Crippen molar-refractivity contribution in [2.75, 3.05) is 62.6 Å². The summed E-state index contributed by atoms with van der Waals surface area (Å²) < 4.78 is 5.20. The lowest BCUT2D eigenvalue weighted by Crippen LogP contribution is -2.49. The largest absolute Gasteiger partial charge is 0.459 e. The lowest BCUT2D eigenvalue weighted by Gasteiger charge is -2.34. The van der Waals surface area contributed by atoms with E-state index in [0.717, 1.165) is 45.3 Å². The normalized spacial score (nSPS) is 14.0. The van der Waals surface area contributed by atoms with Gasteiger partial charge in [-0.1, -0.05) is 26.7 Å². The first kappa shape index (κ1) is 25.4. The van der Waals surface area contributed by atoms with Crippen LogP contribution in [0.4, 0.5) is 17.3 Å². The van der Waals surface area contributed by atoms with Crippen molar-refractivity contribution in [2.24, 2.45) is 0 Å². The van der Waals surface area contributed by atoms with Crippen molar-refractivity contribution in [3.8, 4) is 0 Å². The molecule has 1 fully saturated rings. The van der Waals surface area contributed by atoms with E-state index in [1.807, 2.05) is 4.90 Å². The summed E-state index contributed by atoms with van der Waals surface area (Å²) in [6.45, 7) is 9.48. The molecule has 0 atom stereocenters. The van der Waals surface area contributed by atoms with Gasteiger partial charge in [0.1, 0.15) is 6.33 Å². The summed E-state index contributed by atoms with van der Waals surface area (Å²) in [5.41, 5.74) is -0.123. The molecule has 0 spiro atoms. The zero-order valence-corrected chi connectivity index (χ0v) is 20.1. The van der Waals surface area contributed by atoms with Crippen LogP contribution in [-0.4, -0.2) is 83.0 Å². The maximum Gasteiger partial charge on any atom is 0.353 e. The Bertz CT molecular complexity index is 906. The van der Waals surface area contributed by atoms with Crippen LogP contribution in [0.1, 0.15) is 50.1 Å². The minimum absolute atomic E-state index is 0.123. The number of carbonyl (C=O) groups is 1. The summed E-state index contributed by atoms with van der Waals surface area (Å²) in [7, 11) is 0. The van der Waals surface area contributed by atoms with Gasteiger partial charge in [0.25, 0.3) is 5.91 Å². The molecule has 3 heterocycles. The minimum atomic E-state index is -0.427. The molecule has 11 heteroatoms. The van der Waals surface area contributed by atoms with Gasteiger partial charge in [-0.2, -0.15) is 0 Å². The molecule has 2 aromatic heterocycles. The fourth-order valence-electron chi connectivity index (χ4n) is 4.01. The first-order valence-corrected chi connectivity index (χ1v) is 12.1. The molecular formula is C23H35N7O4. The predicted molar refractivity (Wildman–Crippen MR) is 130 cm³/mol. The molecule has 2 aromatic rings. The SMILES string of the molecule is CCCCN(CCCC)CCNc1ncnc(N2CCN(C(=O)c3ccco3)CC2)c1[N+](=O)[O-]. The number of nitrogens with zero attached hydrogens (tertiary/aromatic N) is 6. The van der Waals surface area contributed by atoms with Crippen LogP contribution in [0.2, 0.25) is 0 Å². The maximum absolute atomic E-state index is 12.5. The van der Waals surface area contributed by atoms with Gasteiger partial charge in [-0.05, 0) is 38.1 Å². The van der Waals surface area contributed by atoms with E-state index in [-0.39, 0.29) is 23.2 Å². The van der Waals surface area contributed by atoms with E-state index in [1.54, 1.807) is 17.0 Å². The van der Waals surface area contributed by atoms with Crippen molar-refractivity contribution in [2.45, 2.75) is 39.5 Å². The summed E-state index contributed by atoms with van der Waals surface area (Å²) in [4.78, 5) is 38.4. The summed E-state index contributed by atoms with van der Waals surface area (Å²) in [5, 5.41) is 15.1. The Balaban J connectivity index is 1.63. The Morgan fingerprint density at radius 2 is 1.85 bits per heavy atom. The third-order valence-electron chi connectivity index (χ3n) is 5.96. The predicted octanol–water partition coefficient (Wildman–Crippen LogP) is 3.25. The summed E-state index contributed by atoms with van der Waals surface area (Å²) >= 11 is 0. The molecule has 0 radical (unpaired) electrons. The number of hydrogen-bond donors (Lipinski definition) is 1. The zero-order valence-electron chi connectivity index (χ0n) is 20.1. The van der Waals surface area contributed by atoms with Gasteiger partial charge in [-0.15, -0.1) is 0 Å². The minimum Gasteiger partial charge on any atom is -0.459 e. The molecule has 1 aliphatic rings. The summed E-state index contributed by atoms with van der Waals surface area (Å²) in [6.07, 6.45) is 7.37. The molecule has 0 unspecified atom stereocenters. The van der Waals surface area contributed by atoms with Crippen LogP contribution in [-0.2, 0) is 0 Å². The van der Waals surface area contributed by atoms with E-state index in [9.17, 15) is 14.9 Å². The van der Waals surface area contributed by atoms with Crippen molar-refractivity contribution in [1.82, 2.24) is 19.8 Å². The van der Waals surface area contributed by atoms with Gasteiger partial charge >= 0.3 is 5.69 Å². The number of piperazine rings is 1. The van der Waals surface area contributed by atoms with E-state index in [2.05, 4.69) is 34.0 Å². The van der Waals surface area contributed by atoms with Crippen LogP contribution in [0.3, 0.4) is 0 Å². The quantitative estimate of drug-likeness (QED) is 0.345. The first-order chi connectivity index (χ1) is 16.5. The molecule has 0 aromatic carbocycles. The zero-order chi connectivity index (χ0) is 24.3. The number of nitrogens with one attached hydrogen (secondary N) is 1. The Morgan fingerprint density at radius 1 is 1.15 bits per heavy atom. The van der Waals surface area contributed by atoms with Crippen molar-refractivity contribution in [1.29, 1.82) is 0 Å². The Labute approximate surface area is 200 Å². The number of furan rings is 1. The topological polar surface area (TPSA) is 121 Å². The number of nitro groups is 1. The molecule has 0 bridgehead atoms. The smallest absolute Gasteiger partial charge is 0.353 e. The molecule has 3 rings (SSSR count). The number of anilines is 2. The van der Waals surface area contributed by atoms with E-state index in [1.165, 1.54) is 12.6 Å². The molecule has 11 nitrogen and oxygen atoms in total. The number of carbonyl (C=O) groups excluding carboxylic acids is 1. The maximum atomic E-state index is 12.5. The molecular weight excluding hydrogens is 438 g/mol. The van der Waals surface area contributed by atoms with Crippen LogP contribution in [0.15, 0.2) is 29.1 Å². The standard InChI is InChI=1S/C23H35N7O4/c1-3-5-10-27(11-6-4-2)12-9-24-21-20(30(32)33)22(26-18-25-21)28-13-15-29(16-14-28)23(31)19-8-7-17-34-19/h7-8,17-18H,3-6,9-16H2,1-2H3,(H,24,25,26). The number of hydrogen-bond acceptors (Lipinski definition) is 9. The van der Waals surface area contributed by atoms with Crippen molar-refractivity contribution in [3.63, 3.8) is 0 Å². The van der Waals surface area contributed by atoms with E-state index >= 15 is 0 Å². The van der Waals surface area contributed by atoms with Crippen molar-refractivity contribution >= 4 is 23.2 Å². The Hall–Kier alpha value is -3.21. The van der Waals surface area contributed by atoms with Gasteiger partial charge in [0, 0.05) is 39.3 Å². The molecule has 0 aliphatic carbocycles. The highest BCUT2D eigenvalue weighted by molar-refractivity contribution is 5.91. The van der Waals surface area contributed by atoms with Gasteiger partial charge in [0.15, 0.2) is 5.76 Å². The fourth-order valence-corrected chi connectivity index (χ4v) is 4.01. The van der Waals surface area contributed by atoms with E-state index < -0.39 is 4.92 Å². The van der Waals surface area contributed by atoms with E-state index in [4.69, 9.17) is 4.42 Å². The van der Waals surface area contributed by atoms with Gasteiger partial charge in [-0.3, -0.25) is 14.9 Å². The lowest BCUT2D eigenvalue weighted by molar-refractivity contribution is -0.383. The van der Waals surface area contributed by atoms with Gasteiger partial charge in [0.2, 0.25) is 11.6 Å². The monoisotopic (exact) mass is 473 g/mol. The number of aromatic nitrogens is 2. The van der Waals surface area contributed by atoms with Gasteiger partial charge in [-0.25, -0.2) is 9.97 Å². The third kappa shape index (κ3) is 6.66. The first-order valence-electron chi connectivity index (χ1n) is 12.1. The average molecular weight is 474 g/mol. The van der Waals surface area contributed by atoms with Crippen LogP contribution in [0.25, 0.3) is 0 Å². The molecule has 186 valence electrons. The molecule has 1 amide bonds. The number of unbranched alkanes of at least 4 members (excludes halogenated alkanes) is 2. The Morgan fingerprint density at radius 3 is 2.44 bits per heavy atom. The average Bonchev–Trinajstić information content (AvgIpc) is 3.40. The number of amides is 1. The lowest BCUT2D eigenvalue weighted by atomic mass is 10.2. The number of rotatable bonds is 13. The third-order valence-corrected chi connectivity index (χ3v) is 5.96. The van der Waals surface area contributed by atoms with Crippen molar-refractivity contribution in [3.05, 3.63) is 40.6 Å². The second-order valence-corrected chi connectivity index (χ2v) is 8.38. The highest BCUT2D eigenvalue weighted by Crippen LogP contribution is 2.32. The highest BCUT2D eigenvalue weighted by Gasteiger charge is 2.31. The summed E-state index contributed by atoms with van der Waals surface area (Å²) in [6, 6.07) is 3.31. The van der Waals surface area contributed by atoms with Crippen LogP contribution < -0.4 is 10.2 Å². The Kier molecular flexibility index (Phi) is 9.62. The van der Waals surface area contributed by atoms with Crippen LogP contribution in [0.5, 0.6) is 0 Å². The molecule has 34 heavy (non-hydrogen) atoms. The molecule has 1 aliphatic heterocycles.